The summed E-state index contributed by atoms with van der Waals surface area (Å²) in [6, 6.07) is 4.07. The molecule has 0 unspecified atom stereocenters. The van der Waals surface area contributed by atoms with Gasteiger partial charge >= 0.3 is 0 Å². The van der Waals surface area contributed by atoms with Crippen LogP contribution in [0, 0.1) is 5.82 Å². The van der Waals surface area contributed by atoms with E-state index in [1.165, 1.54) is 44.4 Å². The molecule has 2 aliphatic rings. The Kier molecular flexibility index (Phi) is 8.05. The molecular weight excluding hydrogens is 319 g/mol. The van der Waals surface area contributed by atoms with Gasteiger partial charge in [-0.3, -0.25) is 9.80 Å². The number of benzene rings is 1. The van der Waals surface area contributed by atoms with Crippen molar-refractivity contribution < 1.29 is 9.13 Å². The predicted octanol–water partition coefficient (Wildman–Crippen LogP) is 1.29. The second-order valence-corrected chi connectivity index (χ2v) is 6.13. The molecule has 0 aromatic heterocycles. The van der Waals surface area contributed by atoms with Crippen LogP contribution in [0.4, 0.5) is 10.1 Å². The molecule has 0 aliphatic carbocycles. The van der Waals surface area contributed by atoms with Gasteiger partial charge in [0.05, 0.1) is 18.2 Å². The zero-order valence-electron chi connectivity index (χ0n) is 13.4. The first-order valence-electron chi connectivity index (χ1n) is 8.09. The van der Waals surface area contributed by atoms with Crippen molar-refractivity contribution in [3.8, 4) is 0 Å². The van der Waals surface area contributed by atoms with Gasteiger partial charge < -0.3 is 15.8 Å². The molecule has 7 heteroatoms. The van der Waals surface area contributed by atoms with Crippen LogP contribution < -0.4 is 11.1 Å². The topological polar surface area (TPSA) is 53.8 Å². The van der Waals surface area contributed by atoms with E-state index >= 15 is 0 Å². The molecule has 0 amide bonds. The van der Waals surface area contributed by atoms with Gasteiger partial charge in [0.15, 0.2) is 0 Å². The van der Waals surface area contributed by atoms with Crippen molar-refractivity contribution in [1.29, 1.82) is 0 Å². The summed E-state index contributed by atoms with van der Waals surface area (Å²) >= 11 is 5.36. The zero-order chi connectivity index (χ0) is 16.5. The van der Waals surface area contributed by atoms with Crippen LogP contribution in [0.3, 0.4) is 0 Å². The molecule has 0 atom stereocenters. The highest BCUT2D eigenvalue weighted by Gasteiger charge is 2.13. The first-order chi connectivity index (χ1) is 11.1. The van der Waals surface area contributed by atoms with Crippen LogP contribution in [0.5, 0.6) is 0 Å². The Morgan fingerprint density at radius 2 is 1.70 bits per heavy atom. The Balaban J connectivity index is 0.000000185. The second-order valence-electron chi connectivity index (χ2n) is 5.72. The smallest absolute Gasteiger partial charge is 0.141 e. The van der Waals surface area contributed by atoms with Gasteiger partial charge in [0.25, 0.3) is 0 Å². The van der Waals surface area contributed by atoms with Crippen LogP contribution >= 0.6 is 11.6 Å². The Bertz CT molecular complexity index is 447. The highest BCUT2D eigenvalue weighted by Crippen LogP contribution is 2.16. The van der Waals surface area contributed by atoms with Crippen molar-refractivity contribution in [2.75, 3.05) is 71.3 Å². The third-order valence-electron chi connectivity index (χ3n) is 3.99. The number of morpholine rings is 1. The number of hydrogen-bond donors (Lipinski definition) is 2. The van der Waals surface area contributed by atoms with Crippen molar-refractivity contribution in [2.45, 2.75) is 0 Å². The highest BCUT2D eigenvalue weighted by molar-refractivity contribution is 6.31. The van der Waals surface area contributed by atoms with Gasteiger partial charge in [0.2, 0.25) is 0 Å². The number of nitrogen functional groups attached to an aromatic ring is 1. The Labute approximate surface area is 142 Å². The molecule has 130 valence electrons. The van der Waals surface area contributed by atoms with E-state index in [2.05, 4.69) is 15.1 Å². The molecule has 2 fully saturated rings. The fourth-order valence-electron chi connectivity index (χ4n) is 2.55. The Hall–Kier alpha value is -0.920. The van der Waals surface area contributed by atoms with Crippen molar-refractivity contribution >= 4 is 17.3 Å². The molecule has 5 nitrogen and oxygen atoms in total. The van der Waals surface area contributed by atoms with E-state index in [0.29, 0.717) is 5.69 Å². The average molecular weight is 345 g/mol. The molecule has 23 heavy (non-hydrogen) atoms. The number of nitrogens with two attached hydrogens (primary N) is 1. The summed E-state index contributed by atoms with van der Waals surface area (Å²) in [6.07, 6.45) is 0. The molecule has 2 aliphatic heterocycles. The molecule has 2 heterocycles. The van der Waals surface area contributed by atoms with E-state index < -0.39 is 5.82 Å². The standard InChI is InChI=1S/C10H21N3O.C6H5ClFN/c1-3-12(4-2-11-1)5-6-13-7-9-14-10-8-13;7-5-3-4(9)1-2-6(5)8/h11H,1-10H2;1-3H,9H2. The quantitative estimate of drug-likeness (QED) is 0.809. The largest absolute Gasteiger partial charge is 0.399 e. The van der Waals surface area contributed by atoms with Crippen LogP contribution in [0.2, 0.25) is 5.02 Å². The van der Waals surface area contributed by atoms with Gasteiger partial charge in [-0.1, -0.05) is 11.6 Å². The van der Waals surface area contributed by atoms with Crippen molar-refractivity contribution in [3.05, 3.63) is 29.0 Å². The molecule has 0 radical (unpaired) electrons. The fraction of sp³-hybridized carbons (Fsp3) is 0.625. The molecule has 0 bridgehead atoms. The molecule has 3 rings (SSSR count). The number of halogens is 2. The summed E-state index contributed by atoms with van der Waals surface area (Å²) in [5.74, 6) is -0.439. The normalized spacial score (nSPS) is 19.9. The van der Waals surface area contributed by atoms with Gasteiger partial charge in [-0.25, -0.2) is 4.39 Å². The lowest BCUT2D eigenvalue weighted by Gasteiger charge is -2.31. The monoisotopic (exact) mass is 344 g/mol. The van der Waals surface area contributed by atoms with Gasteiger partial charge in [-0.15, -0.1) is 0 Å². The lowest BCUT2D eigenvalue weighted by molar-refractivity contribution is 0.0328. The predicted molar refractivity (Wildman–Crippen MR) is 92.4 cm³/mol. The zero-order valence-corrected chi connectivity index (χ0v) is 14.2. The van der Waals surface area contributed by atoms with Crippen molar-refractivity contribution in [3.63, 3.8) is 0 Å². The first-order valence-corrected chi connectivity index (χ1v) is 8.46. The lowest BCUT2D eigenvalue weighted by atomic mass is 10.3. The number of ether oxygens (including phenoxy) is 1. The number of piperazine rings is 1. The van der Waals surface area contributed by atoms with E-state index in [4.69, 9.17) is 22.1 Å². The van der Waals surface area contributed by atoms with E-state index in [0.717, 1.165) is 39.4 Å². The van der Waals surface area contributed by atoms with Crippen molar-refractivity contribution in [1.82, 2.24) is 15.1 Å². The van der Waals surface area contributed by atoms with Crippen molar-refractivity contribution in [2.24, 2.45) is 0 Å². The Morgan fingerprint density at radius 3 is 2.26 bits per heavy atom. The number of hydrogen-bond acceptors (Lipinski definition) is 5. The summed E-state index contributed by atoms with van der Waals surface area (Å²) in [4.78, 5) is 5.05. The third-order valence-corrected chi connectivity index (χ3v) is 4.28. The Morgan fingerprint density at radius 1 is 1.09 bits per heavy atom. The number of nitrogens with one attached hydrogen (secondary N) is 1. The molecule has 0 saturated carbocycles. The maximum Gasteiger partial charge on any atom is 0.141 e. The third kappa shape index (κ3) is 7.01. The SMILES string of the molecule is C1CN(CCN2CCOCC2)CCN1.Nc1ccc(F)c(Cl)c1. The summed E-state index contributed by atoms with van der Waals surface area (Å²) in [6.45, 7) is 11.2. The summed E-state index contributed by atoms with van der Waals surface area (Å²) in [7, 11) is 0. The minimum Gasteiger partial charge on any atom is -0.399 e. The van der Waals surface area contributed by atoms with Crippen LogP contribution in [0.25, 0.3) is 0 Å². The number of nitrogens with zero attached hydrogens (tertiary/aromatic N) is 2. The average Bonchev–Trinajstić information content (AvgIpc) is 2.59. The molecular formula is C16H26ClFN4O. The highest BCUT2D eigenvalue weighted by atomic mass is 35.5. The molecule has 1 aromatic carbocycles. The van der Waals surface area contributed by atoms with E-state index in [1.807, 2.05) is 0 Å². The van der Waals surface area contributed by atoms with Crippen LogP contribution in [0.15, 0.2) is 18.2 Å². The maximum absolute atomic E-state index is 12.3. The second kappa shape index (κ2) is 10.1. The maximum atomic E-state index is 12.3. The van der Waals surface area contributed by atoms with Gasteiger partial charge in [0.1, 0.15) is 5.82 Å². The number of anilines is 1. The van der Waals surface area contributed by atoms with Gasteiger partial charge in [-0.2, -0.15) is 0 Å². The summed E-state index contributed by atoms with van der Waals surface area (Å²) in [5, 5.41) is 3.44. The van der Waals surface area contributed by atoms with Crippen LogP contribution in [-0.4, -0.2) is 75.4 Å². The fourth-order valence-corrected chi connectivity index (χ4v) is 2.74. The lowest BCUT2D eigenvalue weighted by Crippen LogP contribution is -2.47. The van der Waals surface area contributed by atoms with E-state index in [9.17, 15) is 4.39 Å². The minimum atomic E-state index is -0.439. The van der Waals surface area contributed by atoms with Crippen LogP contribution in [-0.2, 0) is 4.74 Å². The molecule has 2 saturated heterocycles. The molecule has 0 spiro atoms. The molecule has 1 aromatic rings. The summed E-state index contributed by atoms with van der Waals surface area (Å²) < 4.78 is 17.6. The van der Waals surface area contributed by atoms with E-state index in [1.54, 1.807) is 0 Å². The molecule has 3 N–H and O–H groups in total. The number of rotatable bonds is 3. The van der Waals surface area contributed by atoms with E-state index in [-0.39, 0.29) is 5.02 Å². The minimum absolute atomic E-state index is 0.0648. The summed E-state index contributed by atoms with van der Waals surface area (Å²) in [5.41, 5.74) is 5.75. The first kappa shape index (κ1) is 18.4. The van der Waals surface area contributed by atoms with Gasteiger partial charge in [0, 0.05) is 58.0 Å². The van der Waals surface area contributed by atoms with Gasteiger partial charge in [-0.05, 0) is 18.2 Å². The van der Waals surface area contributed by atoms with Crippen LogP contribution in [0.1, 0.15) is 0 Å².